The molecule has 31 heavy (non-hydrogen) atoms. The van der Waals surface area contributed by atoms with E-state index in [1.807, 2.05) is 42.5 Å². The van der Waals surface area contributed by atoms with Gasteiger partial charge in [-0.3, -0.25) is 9.71 Å². The first-order chi connectivity index (χ1) is 15.3. The predicted octanol–water partition coefficient (Wildman–Crippen LogP) is 7.22. The third-order valence-corrected chi connectivity index (χ3v) is 6.05. The van der Waals surface area contributed by atoms with Crippen molar-refractivity contribution in [1.82, 2.24) is 9.71 Å². The molecule has 0 aliphatic carbocycles. The number of ether oxygens (including phenoxy) is 1. The van der Waals surface area contributed by atoms with Crippen LogP contribution < -0.4 is 14.8 Å². The van der Waals surface area contributed by atoms with Crippen LogP contribution in [0.3, 0.4) is 0 Å². The van der Waals surface area contributed by atoms with E-state index in [9.17, 15) is 0 Å². The van der Waals surface area contributed by atoms with E-state index in [1.165, 1.54) is 30.6 Å². The van der Waals surface area contributed by atoms with Crippen LogP contribution in [0, 0.1) is 5.92 Å². The summed E-state index contributed by atoms with van der Waals surface area (Å²) in [6.07, 6.45) is 6.89. The molecule has 0 radical (unpaired) electrons. The molecule has 0 amide bonds. The number of rotatable bonds is 13. The number of anilines is 2. The van der Waals surface area contributed by atoms with Crippen LogP contribution in [-0.2, 0) is 6.61 Å². The zero-order chi connectivity index (χ0) is 21.7. The summed E-state index contributed by atoms with van der Waals surface area (Å²) in [7, 11) is 0. The van der Waals surface area contributed by atoms with E-state index < -0.39 is 0 Å². The minimum Gasteiger partial charge on any atom is -0.487 e. The molecule has 0 saturated heterocycles. The molecule has 0 saturated carbocycles. The molecule has 0 aliphatic heterocycles. The third kappa shape index (κ3) is 8.27. The molecule has 3 rings (SSSR count). The molecule has 3 aromatic rings. The lowest BCUT2D eigenvalue weighted by atomic mass is 9.97. The number of pyridine rings is 1. The summed E-state index contributed by atoms with van der Waals surface area (Å²) >= 11 is 1.71. The van der Waals surface area contributed by atoms with Crippen molar-refractivity contribution in [1.29, 1.82) is 0 Å². The maximum Gasteiger partial charge on any atom is 0.130 e. The fourth-order valence-corrected chi connectivity index (χ4v) is 4.16. The maximum absolute atomic E-state index is 5.81. The van der Waals surface area contributed by atoms with Crippen molar-refractivity contribution >= 4 is 23.3 Å². The lowest BCUT2D eigenvalue weighted by Crippen LogP contribution is -2.11. The molecule has 0 bridgehead atoms. The molecular weight excluding hydrogens is 402 g/mol. The summed E-state index contributed by atoms with van der Waals surface area (Å²) in [5, 5.41) is 3.47. The molecule has 2 N–H and O–H groups in total. The number of benzene rings is 2. The number of hydrogen-bond donors (Lipinski definition) is 2. The monoisotopic (exact) mass is 435 g/mol. The summed E-state index contributed by atoms with van der Waals surface area (Å²) in [4.78, 5) is 5.49. The van der Waals surface area contributed by atoms with Crippen molar-refractivity contribution < 1.29 is 4.74 Å². The molecule has 1 aromatic heterocycles. The fourth-order valence-electron chi connectivity index (χ4n) is 3.44. The van der Waals surface area contributed by atoms with Crippen molar-refractivity contribution in [3.8, 4) is 5.75 Å². The van der Waals surface area contributed by atoms with Crippen molar-refractivity contribution in [2.24, 2.45) is 5.92 Å². The highest BCUT2D eigenvalue weighted by molar-refractivity contribution is 7.97. The number of nitrogens with one attached hydrogen (secondary N) is 2. The molecule has 1 unspecified atom stereocenters. The Balaban J connectivity index is 1.45. The molecular formula is C26H33N3OS. The Hall–Kier alpha value is -2.50. The van der Waals surface area contributed by atoms with Gasteiger partial charge in [-0.2, -0.15) is 0 Å². The fraction of sp³-hybridized carbons (Fsp3) is 0.346. The van der Waals surface area contributed by atoms with E-state index >= 15 is 0 Å². The Labute approximate surface area is 191 Å². The van der Waals surface area contributed by atoms with Gasteiger partial charge in [0.25, 0.3) is 0 Å². The van der Waals surface area contributed by atoms with Crippen LogP contribution in [-0.4, -0.2) is 11.5 Å². The number of aromatic nitrogens is 1. The van der Waals surface area contributed by atoms with Crippen LogP contribution in [0.1, 0.15) is 45.2 Å². The Morgan fingerprint density at radius 2 is 1.81 bits per heavy atom. The van der Waals surface area contributed by atoms with Crippen LogP contribution in [0.5, 0.6) is 5.75 Å². The SMILES string of the molecule is CCCC(CC)CCNSc1cccc(Nc2ccc(OCc3ccccn3)cc2)c1. The van der Waals surface area contributed by atoms with Gasteiger partial charge < -0.3 is 10.1 Å². The highest BCUT2D eigenvalue weighted by atomic mass is 32.2. The van der Waals surface area contributed by atoms with E-state index in [1.54, 1.807) is 18.1 Å². The topological polar surface area (TPSA) is 46.2 Å². The third-order valence-electron chi connectivity index (χ3n) is 5.21. The molecule has 1 atom stereocenters. The molecule has 5 heteroatoms. The normalized spacial score (nSPS) is 11.8. The molecule has 164 valence electrons. The van der Waals surface area contributed by atoms with Crippen molar-refractivity contribution in [3.63, 3.8) is 0 Å². The summed E-state index contributed by atoms with van der Waals surface area (Å²) in [5.74, 6) is 1.67. The van der Waals surface area contributed by atoms with Gasteiger partial charge in [0, 0.05) is 29.0 Å². The molecule has 0 fully saturated rings. The molecule has 0 spiro atoms. The highest BCUT2D eigenvalue weighted by Crippen LogP contribution is 2.24. The summed E-state index contributed by atoms with van der Waals surface area (Å²) in [5.41, 5.74) is 3.03. The average Bonchev–Trinajstić information content (AvgIpc) is 2.81. The quantitative estimate of drug-likeness (QED) is 0.219. The zero-order valence-electron chi connectivity index (χ0n) is 18.5. The molecule has 1 heterocycles. The highest BCUT2D eigenvalue weighted by Gasteiger charge is 2.05. The van der Waals surface area contributed by atoms with E-state index in [2.05, 4.69) is 53.1 Å². The largest absolute Gasteiger partial charge is 0.487 e. The van der Waals surface area contributed by atoms with Gasteiger partial charge in [-0.15, -0.1) is 0 Å². The minimum absolute atomic E-state index is 0.470. The maximum atomic E-state index is 5.81. The van der Waals surface area contributed by atoms with E-state index in [0.717, 1.165) is 35.3 Å². The summed E-state index contributed by atoms with van der Waals surface area (Å²) in [6.45, 7) is 6.08. The molecule has 4 nitrogen and oxygen atoms in total. The smallest absolute Gasteiger partial charge is 0.130 e. The Morgan fingerprint density at radius 3 is 2.55 bits per heavy atom. The van der Waals surface area contributed by atoms with Crippen LogP contribution >= 0.6 is 11.9 Å². The lowest BCUT2D eigenvalue weighted by molar-refractivity contribution is 0.301. The van der Waals surface area contributed by atoms with Crippen LogP contribution in [0.2, 0.25) is 0 Å². The van der Waals surface area contributed by atoms with Gasteiger partial charge >= 0.3 is 0 Å². The van der Waals surface area contributed by atoms with Gasteiger partial charge in [-0.25, -0.2) is 0 Å². The van der Waals surface area contributed by atoms with Gasteiger partial charge in [0.2, 0.25) is 0 Å². The van der Waals surface area contributed by atoms with E-state index in [4.69, 9.17) is 4.74 Å². The predicted molar refractivity (Wildman–Crippen MR) is 132 cm³/mol. The minimum atomic E-state index is 0.470. The van der Waals surface area contributed by atoms with Crippen LogP contribution in [0.4, 0.5) is 11.4 Å². The van der Waals surface area contributed by atoms with Gasteiger partial charge in [0.05, 0.1) is 5.69 Å². The van der Waals surface area contributed by atoms with E-state index in [0.29, 0.717) is 6.61 Å². The van der Waals surface area contributed by atoms with E-state index in [-0.39, 0.29) is 0 Å². The van der Waals surface area contributed by atoms with Crippen molar-refractivity contribution in [2.45, 2.75) is 51.0 Å². The van der Waals surface area contributed by atoms with Gasteiger partial charge in [0.1, 0.15) is 12.4 Å². The molecule has 2 aromatic carbocycles. The first-order valence-electron chi connectivity index (χ1n) is 11.2. The summed E-state index contributed by atoms with van der Waals surface area (Å²) in [6, 6.07) is 22.3. The Bertz CT molecular complexity index is 887. The Morgan fingerprint density at radius 1 is 0.935 bits per heavy atom. The first kappa shape index (κ1) is 23.2. The Kier molecular flexibility index (Phi) is 9.74. The molecule has 0 aliphatic rings. The first-order valence-corrected chi connectivity index (χ1v) is 12.0. The zero-order valence-corrected chi connectivity index (χ0v) is 19.3. The number of nitrogens with zero attached hydrogens (tertiary/aromatic N) is 1. The number of hydrogen-bond acceptors (Lipinski definition) is 5. The second-order valence-electron chi connectivity index (χ2n) is 7.63. The lowest BCUT2D eigenvalue weighted by Gasteiger charge is -2.14. The van der Waals surface area contributed by atoms with Gasteiger partial charge in [-0.05, 0) is 78.9 Å². The van der Waals surface area contributed by atoms with Crippen molar-refractivity contribution in [2.75, 3.05) is 11.9 Å². The van der Waals surface area contributed by atoms with Crippen molar-refractivity contribution in [3.05, 3.63) is 78.6 Å². The van der Waals surface area contributed by atoms with Gasteiger partial charge in [0.15, 0.2) is 0 Å². The van der Waals surface area contributed by atoms with Crippen LogP contribution in [0.15, 0.2) is 77.8 Å². The van der Waals surface area contributed by atoms with Crippen LogP contribution in [0.25, 0.3) is 0 Å². The second-order valence-corrected chi connectivity index (χ2v) is 8.60. The second kappa shape index (κ2) is 13.0. The standard InChI is InChI=1S/C26H33N3OS/c1-3-8-21(4-2)16-18-28-31-26-11-7-10-23(19-26)29-22-12-14-25(15-13-22)30-20-24-9-5-6-17-27-24/h5-7,9-15,17,19,21,28-29H,3-4,8,16,18,20H2,1-2H3. The summed E-state index contributed by atoms with van der Waals surface area (Å²) < 4.78 is 9.33. The van der Waals surface area contributed by atoms with Gasteiger partial charge in [-0.1, -0.05) is 45.2 Å². The average molecular weight is 436 g/mol.